The fourth-order valence-corrected chi connectivity index (χ4v) is 3.22. The van der Waals surface area contributed by atoms with Gasteiger partial charge in [0, 0.05) is 29.4 Å². The van der Waals surface area contributed by atoms with Crippen LogP contribution in [-0.2, 0) is 4.79 Å². The Bertz CT molecular complexity index is 804. The van der Waals surface area contributed by atoms with Gasteiger partial charge in [-0.05, 0) is 31.1 Å². The first-order valence-electron chi connectivity index (χ1n) is 8.10. The van der Waals surface area contributed by atoms with Gasteiger partial charge in [-0.1, -0.05) is 19.3 Å². The Hall–Kier alpha value is -2.34. The van der Waals surface area contributed by atoms with Crippen LogP contribution in [0, 0.1) is 0 Å². The maximum Gasteiger partial charge on any atom is 0.276 e. The molecule has 1 aliphatic carbocycles. The quantitative estimate of drug-likeness (QED) is 0.732. The van der Waals surface area contributed by atoms with E-state index in [0.717, 1.165) is 29.4 Å². The van der Waals surface area contributed by atoms with Gasteiger partial charge in [0.1, 0.15) is 11.3 Å². The standard InChI is InChI=1S/C17H19N5O.ClH/c23-16-14(9-11-10-19-15-13(11)7-4-8-18-15)21-17(22-16)20-12-5-2-1-3-6-12;/h4,7-10,12H,1-3,5-6H2,(H,18,19)(H2,20,21,22,23);1H/b14-9-;. The highest BCUT2D eigenvalue weighted by atomic mass is 35.5. The third-order valence-corrected chi connectivity index (χ3v) is 4.42. The lowest BCUT2D eigenvalue weighted by molar-refractivity contribution is -0.115. The van der Waals surface area contributed by atoms with E-state index in [2.05, 4.69) is 25.6 Å². The minimum atomic E-state index is -0.165. The van der Waals surface area contributed by atoms with Crippen LogP contribution in [-0.4, -0.2) is 27.9 Å². The van der Waals surface area contributed by atoms with Crippen LogP contribution >= 0.6 is 12.4 Å². The van der Waals surface area contributed by atoms with Crippen molar-refractivity contribution in [2.24, 2.45) is 4.99 Å². The summed E-state index contributed by atoms with van der Waals surface area (Å²) >= 11 is 0. The van der Waals surface area contributed by atoms with Crippen molar-refractivity contribution in [3.05, 3.63) is 35.8 Å². The number of fused-ring (bicyclic) bond motifs is 1. The molecule has 3 N–H and O–H groups in total. The molecule has 24 heavy (non-hydrogen) atoms. The summed E-state index contributed by atoms with van der Waals surface area (Å²) in [5.41, 5.74) is 2.15. The van der Waals surface area contributed by atoms with Gasteiger partial charge < -0.3 is 10.3 Å². The van der Waals surface area contributed by atoms with Gasteiger partial charge in [0.05, 0.1) is 0 Å². The molecule has 0 unspecified atom stereocenters. The number of amides is 1. The van der Waals surface area contributed by atoms with Crippen molar-refractivity contribution in [3.8, 4) is 0 Å². The summed E-state index contributed by atoms with van der Waals surface area (Å²) in [5.74, 6) is 0.410. The second-order valence-electron chi connectivity index (χ2n) is 6.07. The summed E-state index contributed by atoms with van der Waals surface area (Å²) in [6.07, 6.45) is 11.4. The highest BCUT2D eigenvalue weighted by Crippen LogP contribution is 2.21. The predicted molar refractivity (Wildman–Crippen MR) is 96.9 cm³/mol. The summed E-state index contributed by atoms with van der Waals surface area (Å²) in [4.78, 5) is 23.9. The number of hydrogen-bond acceptors (Lipinski definition) is 4. The fraction of sp³-hybridized carbons (Fsp3) is 0.353. The van der Waals surface area contributed by atoms with Crippen molar-refractivity contribution in [2.75, 3.05) is 0 Å². The number of H-pyrrole nitrogens is 1. The molecule has 0 spiro atoms. The molecule has 2 aromatic rings. The maximum atomic E-state index is 12.1. The minimum Gasteiger partial charge on any atom is -0.353 e. The van der Waals surface area contributed by atoms with Crippen LogP contribution in [0.4, 0.5) is 0 Å². The molecule has 0 radical (unpaired) electrons. The average molecular weight is 346 g/mol. The van der Waals surface area contributed by atoms with E-state index in [1.807, 2.05) is 18.3 Å². The molecule has 1 saturated carbocycles. The zero-order valence-electron chi connectivity index (χ0n) is 13.2. The van der Waals surface area contributed by atoms with Gasteiger partial charge in [-0.2, -0.15) is 0 Å². The Morgan fingerprint density at radius 2 is 2.08 bits per heavy atom. The Labute approximate surface area is 146 Å². The van der Waals surface area contributed by atoms with Crippen LogP contribution in [0.1, 0.15) is 37.7 Å². The molecule has 0 aromatic carbocycles. The SMILES string of the molecule is Cl.O=C1NC(NC2CCCCC2)=N/C1=C\c1c[nH]c2ncccc12. The largest absolute Gasteiger partial charge is 0.353 e. The van der Waals surface area contributed by atoms with E-state index in [1.165, 1.54) is 19.3 Å². The molecule has 0 atom stereocenters. The first-order valence-corrected chi connectivity index (χ1v) is 8.10. The predicted octanol–water partition coefficient (Wildman–Crippen LogP) is 2.73. The van der Waals surface area contributed by atoms with Crippen molar-refractivity contribution in [1.29, 1.82) is 0 Å². The molecule has 0 bridgehead atoms. The number of aliphatic imine (C=N–C) groups is 1. The summed E-state index contributed by atoms with van der Waals surface area (Å²) in [6.45, 7) is 0. The number of halogens is 1. The molecular formula is C17H20ClN5O. The molecule has 3 heterocycles. The van der Waals surface area contributed by atoms with Crippen molar-refractivity contribution in [2.45, 2.75) is 38.1 Å². The van der Waals surface area contributed by atoms with Crippen molar-refractivity contribution in [3.63, 3.8) is 0 Å². The van der Waals surface area contributed by atoms with E-state index in [4.69, 9.17) is 0 Å². The van der Waals surface area contributed by atoms with Crippen LogP contribution in [0.15, 0.2) is 35.2 Å². The second kappa shape index (κ2) is 7.05. The van der Waals surface area contributed by atoms with Crippen LogP contribution in [0.2, 0.25) is 0 Å². The Morgan fingerprint density at radius 3 is 2.92 bits per heavy atom. The number of carbonyl (C=O) groups excluding carboxylic acids is 1. The maximum absolute atomic E-state index is 12.1. The third-order valence-electron chi connectivity index (χ3n) is 4.42. The summed E-state index contributed by atoms with van der Waals surface area (Å²) in [6, 6.07) is 4.27. The third kappa shape index (κ3) is 3.28. The Balaban J connectivity index is 0.00000169. The first-order chi connectivity index (χ1) is 11.3. The van der Waals surface area contributed by atoms with E-state index in [-0.39, 0.29) is 18.3 Å². The topological polar surface area (TPSA) is 82.2 Å². The summed E-state index contributed by atoms with van der Waals surface area (Å²) in [5, 5.41) is 7.15. The lowest BCUT2D eigenvalue weighted by atomic mass is 9.96. The van der Waals surface area contributed by atoms with Crippen LogP contribution in [0.3, 0.4) is 0 Å². The molecule has 2 aromatic heterocycles. The zero-order valence-corrected chi connectivity index (χ0v) is 14.0. The molecule has 1 fully saturated rings. The second-order valence-corrected chi connectivity index (χ2v) is 6.07. The van der Waals surface area contributed by atoms with E-state index in [9.17, 15) is 4.79 Å². The molecule has 1 aliphatic heterocycles. The Morgan fingerprint density at radius 1 is 1.25 bits per heavy atom. The molecule has 6 nitrogen and oxygen atoms in total. The van der Waals surface area contributed by atoms with Crippen LogP contribution in [0.25, 0.3) is 17.1 Å². The number of hydrogen-bond donors (Lipinski definition) is 3. The highest BCUT2D eigenvalue weighted by Gasteiger charge is 2.23. The molecular weight excluding hydrogens is 326 g/mol. The van der Waals surface area contributed by atoms with Crippen molar-refractivity contribution >= 4 is 41.4 Å². The zero-order chi connectivity index (χ0) is 15.6. The van der Waals surface area contributed by atoms with E-state index >= 15 is 0 Å². The van der Waals surface area contributed by atoms with Crippen LogP contribution < -0.4 is 10.6 Å². The molecule has 126 valence electrons. The number of rotatable bonds is 2. The van der Waals surface area contributed by atoms with Gasteiger partial charge >= 0.3 is 0 Å². The van der Waals surface area contributed by atoms with E-state index in [0.29, 0.717) is 17.7 Å². The number of nitrogens with zero attached hydrogens (tertiary/aromatic N) is 2. The monoisotopic (exact) mass is 345 g/mol. The number of guanidine groups is 1. The first kappa shape index (κ1) is 16.5. The van der Waals surface area contributed by atoms with Crippen molar-refractivity contribution in [1.82, 2.24) is 20.6 Å². The number of nitrogens with one attached hydrogen (secondary N) is 3. The molecule has 1 amide bonds. The van der Waals surface area contributed by atoms with Gasteiger partial charge in [0.15, 0.2) is 0 Å². The molecule has 0 saturated heterocycles. The molecule has 7 heteroatoms. The number of aromatic amines is 1. The van der Waals surface area contributed by atoms with Gasteiger partial charge in [0.2, 0.25) is 5.96 Å². The van der Waals surface area contributed by atoms with E-state index < -0.39 is 0 Å². The van der Waals surface area contributed by atoms with Gasteiger partial charge in [-0.25, -0.2) is 9.98 Å². The lowest BCUT2D eigenvalue weighted by Crippen LogP contribution is -2.43. The Kier molecular flexibility index (Phi) is 4.85. The summed E-state index contributed by atoms with van der Waals surface area (Å²) in [7, 11) is 0. The normalized spacial score (nSPS) is 19.9. The van der Waals surface area contributed by atoms with Crippen LogP contribution in [0.5, 0.6) is 0 Å². The van der Waals surface area contributed by atoms with Gasteiger partial charge in [-0.3, -0.25) is 10.1 Å². The van der Waals surface area contributed by atoms with Gasteiger partial charge in [0.25, 0.3) is 5.91 Å². The number of carbonyl (C=O) groups is 1. The summed E-state index contributed by atoms with van der Waals surface area (Å²) < 4.78 is 0. The lowest BCUT2D eigenvalue weighted by Gasteiger charge is -2.23. The van der Waals surface area contributed by atoms with Crippen molar-refractivity contribution < 1.29 is 4.79 Å². The fourth-order valence-electron chi connectivity index (χ4n) is 3.22. The van der Waals surface area contributed by atoms with E-state index in [1.54, 1.807) is 12.3 Å². The average Bonchev–Trinajstić information content (AvgIpc) is 3.13. The smallest absolute Gasteiger partial charge is 0.276 e. The molecule has 4 rings (SSSR count). The number of aromatic nitrogens is 2. The molecule has 2 aliphatic rings. The van der Waals surface area contributed by atoms with Gasteiger partial charge in [-0.15, -0.1) is 12.4 Å². The highest BCUT2D eigenvalue weighted by molar-refractivity contribution is 6.14. The minimum absolute atomic E-state index is 0. The number of pyridine rings is 1.